The number of nitrogens with zero attached hydrogens (tertiary/aromatic N) is 4. The molecule has 3 heterocycles. The maximum Gasteiger partial charge on any atom is 0.0983 e. The van der Waals surface area contributed by atoms with Crippen molar-refractivity contribution in [3.05, 3.63) is 36.3 Å². The van der Waals surface area contributed by atoms with E-state index in [0.717, 1.165) is 44.1 Å². The summed E-state index contributed by atoms with van der Waals surface area (Å²) in [6, 6.07) is 4.05. The number of pyridine rings is 1. The van der Waals surface area contributed by atoms with E-state index in [1.165, 1.54) is 24.8 Å². The van der Waals surface area contributed by atoms with Gasteiger partial charge in [0.25, 0.3) is 0 Å². The molecule has 4 rings (SSSR count). The molecule has 1 saturated heterocycles. The summed E-state index contributed by atoms with van der Waals surface area (Å²) in [6.07, 6.45) is 9.81. The lowest BCUT2D eigenvalue weighted by Crippen LogP contribution is -2.43. The maximum absolute atomic E-state index is 5.87. The molecule has 0 N–H and O–H groups in total. The van der Waals surface area contributed by atoms with Crippen molar-refractivity contribution < 1.29 is 4.74 Å². The lowest BCUT2D eigenvalue weighted by atomic mass is 9.69. The summed E-state index contributed by atoms with van der Waals surface area (Å²) in [5.41, 5.74) is 3.82. The predicted molar refractivity (Wildman–Crippen MR) is 88.8 cm³/mol. The van der Waals surface area contributed by atoms with Crippen LogP contribution in [0.2, 0.25) is 0 Å². The zero-order valence-corrected chi connectivity index (χ0v) is 13.7. The highest BCUT2D eigenvalue weighted by Crippen LogP contribution is 2.43. The minimum atomic E-state index is 0.410. The van der Waals surface area contributed by atoms with Crippen LogP contribution in [0.15, 0.2) is 30.7 Å². The van der Waals surface area contributed by atoms with Crippen LogP contribution in [0.25, 0.3) is 11.3 Å². The third-order valence-electron chi connectivity index (χ3n) is 5.17. The van der Waals surface area contributed by atoms with Gasteiger partial charge in [-0.05, 0) is 25.0 Å². The van der Waals surface area contributed by atoms with Crippen LogP contribution in [-0.2, 0) is 18.3 Å². The Hall–Kier alpha value is -1.72. The van der Waals surface area contributed by atoms with Gasteiger partial charge in [-0.25, -0.2) is 0 Å². The molecule has 2 aliphatic rings. The Labute approximate surface area is 137 Å². The Balaban J connectivity index is 1.56. The normalized spacial score (nSPS) is 21.1. The van der Waals surface area contributed by atoms with Crippen LogP contribution in [0.4, 0.5) is 0 Å². The molecule has 0 aromatic carbocycles. The number of hydrogen-bond acceptors (Lipinski definition) is 4. The zero-order valence-electron chi connectivity index (χ0n) is 13.7. The smallest absolute Gasteiger partial charge is 0.0983 e. The first-order chi connectivity index (χ1) is 11.2. The van der Waals surface area contributed by atoms with Gasteiger partial charge in [0.15, 0.2) is 0 Å². The van der Waals surface area contributed by atoms with Gasteiger partial charge in [-0.15, -0.1) is 0 Å². The van der Waals surface area contributed by atoms with E-state index < -0.39 is 0 Å². The number of hydrogen-bond donors (Lipinski definition) is 0. The van der Waals surface area contributed by atoms with Crippen LogP contribution in [0.3, 0.4) is 0 Å². The summed E-state index contributed by atoms with van der Waals surface area (Å²) in [5, 5.41) is 4.66. The van der Waals surface area contributed by atoms with Crippen LogP contribution in [0.1, 0.15) is 24.8 Å². The van der Waals surface area contributed by atoms with Crippen LogP contribution < -0.4 is 0 Å². The number of aromatic nitrogens is 3. The monoisotopic (exact) mass is 312 g/mol. The molecular weight excluding hydrogens is 288 g/mol. The van der Waals surface area contributed by atoms with E-state index in [-0.39, 0.29) is 0 Å². The molecule has 23 heavy (non-hydrogen) atoms. The second-order valence-electron chi connectivity index (χ2n) is 7.04. The highest BCUT2D eigenvalue weighted by molar-refractivity contribution is 5.61. The lowest BCUT2D eigenvalue weighted by Gasteiger charge is -2.42. The highest BCUT2D eigenvalue weighted by Gasteiger charge is 2.40. The van der Waals surface area contributed by atoms with Crippen molar-refractivity contribution in [3.63, 3.8) is 0 Å². The Kier molecular flexibility index (Phi) is 3.91. The number of aryl methyl sites for hydroxylation is 1. The molecule has 122 valence electrons. The fourth-order valence-electron chi connectivity index (χ4n) is 3.84. The molecule has 0 radical (unpaired) electrons. The molecule has 2 fully saturated rings. The molecule has 0 atom stereocenters. The number of ether oxygens (including phenoxy) is 1. The Morgan fingerprint density at radius 3 is 3.00 bits per heavy atom. The van der Waals surface area contributed by atoms with Crippen molar-refractivity contribution in [3.8, 4) is 11.3 Å². The van der Waals surface area contributed by atoms with Crippen LogP contribution in [0.5, 0.6) is 0 Å². The molecule has 5 nitrogen and oxygen atoms in total. The molecule has 0 amide bonds. The summed E-state index contributed by atoms with van der Waals surface area (Å²) in [4.78, 5) is 6.78. The molecule has 2 aromatic rings. The zero-order chi connectivity index (χ0) is 15.7. The standard InChI is InChI=1S/C18H24N4O/c1-21-11-16(17(20-21)15-4-2-7-19-10-15)12-22-8-9-23-14-18(13-22)5-3-6-18/h2,4,7,10-11H,3,5-6,8-9,12-14H2,1H3. The van der Waals surface area contributed by atoms with E-state index >= 15 is 0 Å². The fraction of sp³-hybridized carbons (Fsp3) is 0.556. The van der Waals surface area contributed by atoms with E-state index in [1.54, 1.807) is 6.20 Å². The highest BCUT2D eigenvalue weighted by atomic mass is 16.5. The van der Waals surface area contributed by atoms with Gasteiger partial charge in [0.1, 0.15) is 0 Å². The van der Waals surface area contributed by atoms with E-state index in [2.05, 4.69) is 27.2 Å². The predicted octanol–water partition coefficient (Wildman–Crippen LogP) is 2.48. The molecule has 0 bridgehead atoms. The van der Waals surface area contributed by atoms with Gasteiger partial charge < -0.3 is 4.74 Å². The second-order valence-corrected chi connectivity index (χ2v) is 7.04. The molecule has 1 saturated carbocycles. The van der Waals surface area contributed by atoms with Crippen molar-refractivity contribution in [2.75, 3.05) is 26.3 Å². The summed E-state index contributed by atoms with van der Waals surface area (Å²) in [7, 11) is 1.99. The Bertz CT molecular complexity index is 663. The average molecular weight is 312 g/mol. The second kappa shape index (κ2) is 6.06. The van der Waals surface area contributed by atoms with E-state index in [4.69, 9.17) is 4.74 Å². The van der Waals surface area contributed by atoms with Gasteiger partial charge >= 0.3 is 0 Å². The van der Waals surface area contributed by atoms with Gasteiger partial charge in [0.05, 0.1) is 18.9 Å². The molecule has 1 aliphatic carbocycles. The van der Waals surface area contributed by atoms with Crippen molar-refractivity contribution >= 4 is 0 Å². The number of rotatable bonds is 3. The molecule has 1 spiro atoms. The molecule has 5 heteroatoms. The maximum atomic E-state index is 5.87. The SMILES string of the molecule is Cn1cc(CN2CCOCC3(CCC3)C2)c(-c2cccnc2)n1. The first-order valence-corrected chi connectivity index (χ1v) is 8.47. The minimum Gasteiger partial charge on any atom is -0.379 e. The lowest BCUT2D eigenvalue weighted by molar-refractivity contribution is 0.00956. The Morgan fingerprint density at radius 1 is 1.35 bits per heavy atom. The van der Waals surface area contributed by atoms with E-state index in [1.807, 2.05) is 24.0 Å². The third-order valence-corrected chi connectivity index (χ3v) is 5.17. The first kappa shape index (κ1) is 14.8. The molecule has 1 aliphatic heterocycles. The summed E-state index contributed by atoms with van der Waals surface area (Å²) in [5.74, 6) is 0. The fourth-order valence-corrected chi connectivity index (χ4v) is 3.84. The topological polar surface area (TPSA) is 43.2 Å². The molecule has 0 unspecified atom stereocenters. The van der Waals surface area contributed by atoms with Crippen LogP contribution in [-0.4, -0.2) is 46.0 Å². The summed E-state index contributed by atoms with van der Waals surface area (Å²) < 4.78 is 7.78. The van der Waals surface area contributed by atoms with Gasteiger partial charge in [0, 0.05) is 61.8 Å². The summed E-state index contributed by atoms with van der Waals surface area (Å²) >= 11 is 0. The molecular formula is C18H24N4O. The van der Waals surface area contributed by atoms with E-state index in [9.17, 15) is 0 Å². The first-order valence-electron chi connectivity index (χ1n) is 8.47. The molecule has 2 aromatic heterocycles. The largest absolute Gasteiger partial charge is 0.379 e. The van der Waals surface area contributed by atoms with Gasteiger partial charge in [-0.1, -0.05) is 6.42 Å². The average Bonchev–Trinajstić information content (AvgIpc) is 2.76. The van der Waals surface area contributed by atoms with Gasteiger partial charge in [-0.3, -0.25) is 14.6 Å². The van der Waals surface area contributed by atoms with Gasteiger partial charge in [-0.2, -0.15) is 5.10 Å². The minimum absolute atomic E-state index is 0.410. The van der Waals surface area contributed by atoms with E-state index in [0.29, 0.717) is 5.41 Å². The van der Waals surface area contributed by atoms with Crippen molar-refractivity contribution in [1.82, 2.24) is 19.7 Å². The van der Waals surface area contributed by atoms with Gasteiger partial charge in [0.2, 0.25) is 0 Å². The van der Waals surface area contributed by atoms with Crippen LogP contribution >= 0.6 is 0 Å². The third kappa shape index (κ3) is 3.03. The van der Waals surface area contributed by atoms with Crippen molar-refractivity contribution in [2.24, 2.45) is 12.5 Å². The van der Waals surface area contributed by atoms with Crippen LogP contribution in [0, 0.1) is 5.41 Å². The Morgan fingerprint density at radius 2 is 2.26 bits per heavy atom. The van der Waals surface area contributed by atoms with Crippen molar-refractivity contribution in [1.29, 1.82) is 0 Å². The van der Waals surface area contributed by atoms with Crippen molar-refractivity contribution in [2.45, 2.75) is 25.8 Å². The quantitative estimate of drug-likeness (QED) is 0.873. The summed E-state index contributed by atoms with van der Waals surface area (Å²) in [6.45, 7) is 4.86.